The Morgan fingerprint density at radius 1 is 1.17 bits per heavy atom. The lowest BCUT2D eigenvalue weighted by atomic mass is 9.98. The number of nitrogens with one attached hydrogen (secondary N) is 2. The molecule has 0 radical (unpaired) electrons. The van der Waals surface area contributed by atoms with Gasteiger partial charge in [0.15, 0.2) is 0 Å². The standard InChI is InChI=1S/C27H30ClF2N5O/c1-17-20(18-5-7-19(8-6-18)27(36)32-11-4-13-34(2)3)15-33-26-25(17)35(14-12-31-26)16-21-22(29)9-10-23(30)24(21)28/h5-10,15H,4,11-14,16H2,1-3H3,(H,31,33)(H,32,36). The minimum absolute atomic E-state index is 0.107. The van der Waals surface area contributed by atoms with Gasteiger partial charge in [-0.05, 0) is 69.4 Å². The van der Waals surface area contributed by atoms with Crippen LogP contribution in [-0.4, -0.2) is 56.1 Å². The van der Waals surface area contributed by atoms with Crippen molar-refractivity contribution in [3.63, 3.8) is 0 Å². The number of aromatic nitrogens is 1. The van der Waals surface area contributed by atoms with Crippen LogP contribution in [0, 0.1) is 18.6 Å². The van der Waals surface area contributed by atoms with E-state index in [2.05, 4.69) is 20.5 Å². The number of benzene rings is 2. The molecular formula is C27H30ClF2N5O. The Hall–Kier alpha value is -3.23. The molecular weight excluding hydrogens is 484 g/mol. The third-order valence-electron chi connectivity index (χ3n) is 6.31. The van der Waals surface area contributed by atoms with Crippen molar-refractivity contribution in [3.05, 3.63) is 75.9 Å². The second-order valence-corrected chi connectivity index (χ2v) is 9.53. The highest BCUT2D eigenvalue weighted by Crippen LogP contribution is 2.38. The van der Waals surface area contributed by atoms with E-state index in [0.29, 0.717) is 31.0 Å². The summed E-state index contributed by atoms with van der Waals surface area (Å²) in [6.45, 7) is 4.82. The second-order valence-electron chi connectivity index (χ2n) is 9.15. The van der Waals surface area contributed by atoms with E-state index in [1.165, 1.54) is 0 Å². The molecule has 0 aliphatic carbocycles. The second kappa shape index (κ2) is 11.2. The van der Waals surface area contributed by atoms with Crippen LogP contribution in [0.3, 0.4) is 0 Å². The minimum Gasteiger partial charge on any atom is -0.367 e. The van der Waals surface area contributed by atoms with Gasteiger partial charge in [-0.2, -0.15) is 0 Å². The van der Waals surface area contributed by atoms with Crippen molar-refractivity contribution in [3.8, 4) is 11.1 Å². The molecule has 0 bridgehead atoms. The molecule has 0 unspecified atom stereocenters. The van der Waals surface area contributed by atoms with E-state index in [-0.39, 0.29) is 23.0 Å². The van der Waals surface area contributed by atoms with Crippen molar-refractivity contribution in [2.24, 2.45) is 0 Å². The van der Waals surface area contributed by atoms with Crippen molar-refractivity contribution < 1.29 is 13.6 Å². The summed E-state index contributed by atoms with van der Waals surface area (Å²) in [7, 11) is 4.00. The summed E-state index contributed by atoms with van der Waals surface area (Å²) in [6.07, 6.45) is 2.67. The van der Waals surface area contributed by atoms with Gasteiger partial charge >= 0.3 is 0 Å². The van der Waals surface area contributed by atoms with E-state index in [1.54, 1.807) is 18.3 Å². The number of carbonyl (C=O) groups is 1. The number of amides is 1. The van der Waals surface area contributed by atoms with Crippen LogP contribution in [0.4, 0.5) is 20.3 Å². The van der Waals surface area contributed by atoms with Crippen LogP contribution in [0.1, 0.15) is 27.9 Å². The van der Waals surface area contributed by atoms with Crippen LogP contribution in [0.15, 0.2) is 42.6 Å². The van der Waals surface area contributed by atoms with Crippen molar-refractivity contribution in [2.45, 2.75) is 19.9 Å². The van der Waals surface area contributed by atoms with Crippen LogP contribution in [0.5, 0.6) is 0 Å². The Labute approximate surface area is 215 Å². The molecule has 0 fully saturated rings. The van der Waals surface area contributed by atoms with E-state index in [9.17, 15) is 13.6 Å². The average Bonchev–Trinajstić information content (AvgIpc) is 2.87. The maximum atomic E-state index is 14.5. The predicted octanol–water partition coefficient (Wildman–Crippen LogP) is 5.10. The summed E-state index contributed by atoms with van der Waals surface area (Å²) in [6, 6.07) is 9.52. The molecule has 0 saturated heterocycles. The van der Waals surface area contributed by atoms with Gasteiger partial charge in [-0.1, -0.05) is 23.7 Å². The largest absolute Gasteiger partial charge is 0.367 e. The number of halogens is 3. The maximum Gasteiger partial charge on any atom is 0.251 e. The van der Waals surface area contributed by atoms with Gasteiger partial charge in [-0.25, -0.2) is 13.8 Å². The molecule has 0 saturated carbocycles. The van der Waals surface area contributed by atoms with E-state index in [4.69, 9.17) is 11.6 Å². The molecule has 36 heavy (non-hydrogen) atoms. The summed E-state index contributed by atoms with van der Waals surface area (Å²) in [5.41, 5.74) is 4.28. The highest BCUT2D eigenvalue weighted by atomic mass is 35.5. The molecule has 9 heteroatoms. The number of hydrogen-bond donors (Lipinski definition) is 2. The summed E-state index contributed by atoms with van der Waals surface area (Å²) >= 11 is 6.10. The first-order valence-corrected chi connectivity index (χ1v) is 12.3. The lowest BCUT2D eigenvalue weighted by Crippen LogP contribution is -2.35. The predicted molar refractivity (Wildman–Crippen MR) is 141 cm³/mol. The highest BCUT2D eigenvalue weighted by Gasteiger charge is 2.25. The Balaban J connectivity index is 1.56. The average molecular weight is 514 g/mol. The molecule has 0 atom stereocenters. The molecule has 1 aliphatic heterocycles. The Morgan fingerprint density at radius 2 is 1.89 bits per heavy atom. The summed E-state index contributed by atoms with van der Waals surface area (Å²) in [5.74, 6) is -0.609. The molecule has 1 aromatic heterocycles. The van der Waals surface area contributed by atoms with Crippen LogP contribution in [0.2, 0.25) is 5.02 Å². The van der Waals surface area contributed by atoms with Crippen LogP contribution >= 0.6 is 11.6 Å². The zero-order valence-electron chi connectivity index (χ0n) is 20.7. The van der Waals surface area contributed by atoms with Gasteiger partial charge in [0, 0.05) is 49.1 Å². The number of carbonyl (C=O) groups excluding carboxylic acids is 1. The zero-order chi connectivity index (χ0) is 25.8. The molecule has 1 amide bonds. The normalized spacial score (nSPS) is 12.9. The molecule has 2 N–H and O–H groups in total. The summed E-state index contributed by atoms with van der Waals surface area (Å²) in [4.78, 5) is 21.1. The van der Waals surface area contributed by atoms with Crippen molar-refractivity contribution in [2.75, 3.05) is 50.5 Å². The molecule has 190 valence electrons. The van der Waals surface area contributed by atoms with Crippen LogP contribution < -0.4 is 15.5 Å². The van der Waals surface area contributed by atoms with Gasteiger partial charge in [-0.15, -0.1) is 0 Å². The molecule has 1 aliphatic rings. The molecule has 0 spiro atoms. The lowest BCUT2D eigenvalue weighted by Gasteiger charge is -2.34. The van der Waals surface area contributed by atoms with E-state index >= 15 is 0 Å². The van der Waals surface area contributed by atoms with E-state index in [1.807, 2.05) is 38.1 Å². The van der Waals surface area contributed by atoms with Crippen LogP contribution in [-0.2, 0) is 6.54 Å². The van der Waals surface area contributed by atoms with E-state index in [0.717, 1.165) is 47.5 Å². The fourth-order valence-electron chi connectivity index (χ4n) is 4.38. The molecule has 4 rings (SSSR count). The number of hydrogen-bond acceptors (Lipinski definition) is 5. The van der Waals surface area contributed by atoms with Crippen molar-refractivity contribution >= 4 is 29.0 Å². The first-order valence-electron chi connectivity index (χ1n) is 11.9. The van der Waals surface area contributed by atoms with Gasteiger partial charge in [-0.3, -0.25) is 4.79 Å². The molecule has 2 aromatic carbocycles. The monoisotopic (exact) mass is 513 g/mol. The number of pyridine rings is 1. The number of rotatable bonds is 8. The highest BCUT2D eigenvalue weighted by molar-refractivity contribution is 6.31. The third kappa shape index (κ3) is 5.60. The summed E-state index contributed by atoms with van der Waals surface area (Å²) < 4.78 is 28.5. The van der Waals surface area contributed by atoms with Gasteiger partial charge in [0.05, 0.1) is 10.7 Å². The first-order chi connectivity index (χ1) is 17.3. The quantitative estimate of drug-likeness (QED) is 0.324. The van der Waals surface area contributed by atoms with Gasteiger partial charge in [0.1, 0.15) is 17.5 Å². The van der Waals surface area contributed by atoms with Crippen molar-refractivity contribution in [1.29, 1.82) is 0 Å². The fourth-order valence-corrected chi connectivity index (χ4v) is 4.60. The minimum atomic E-state index is -0.645. The smallest absolute Gasteiger partial charge is 0.251 e. The van der Waals surface area contributed by atoms with Gasteiger partial charge in [0.25, 0.3) is 5.91 Å². The zero-order valence-corrected chi connectivity index (χ0v) is 21.4. The maximum absolute atomic E-state index is 14.5. The van der Waals surface area contributed by atoms with Crippen molar-refractivity contribution in [1.82, 2.24) is 15.2 Å². The Morgan fingerprint density at radius 3 is 2.61 bits per heavy atom. The number of anilines is 2. The van der Waals surface area contributed by atoms with E-state index < -0.39 is 11.6 Å². The Kier molecular flexibility index (Phi) is 8.06. The fraction of sp³-hybridized carbons (Fsp3) is 0.333. The lowest BCUT2D eigenvalue weighted by molar-refractivity contribution is 0.0952. The summed E-state index contributed by atoms with van der Waals surface area (Å²) in [5, 5.41) is 6.03. The number of fused-ring (bicyclic) bond motifs is 1. The topological polar surface area (TPSA) is 60.5 Å². The first kappa shape index (κ1) is 25.9. The third-order valence-corrected chi connectivity index (χ3v) is 6.72. The van der Waals surface area contributed by atoms with Gasteiger partial charge in [0.2, 0.25) is 0 Å². The molecule has 3 aromatic rings. The molecule has 2 heterocycles. The van der Waals surface area contributed by atoms with Gasteiger partial charge < -0.3 is 20.4 Å². The molecule has 6 nitrogen and oxygen atoms in total. The van der Waals surface area contributed by atoms with Crippen LogP contribution in [0.25, 0.3) is 11.1 Å². The number of nitrogens with zero attached hydrogens (tertiary/aromatic N) is 3. The Bertz CT molecular complexity index is 1250. The SMILES string of the molecule is Cc1c(-c2ccc(C(=O)NCCCN(C)C)cc2)cnc2c1N(Cc1c(F)ccc(F)c1Cl)CCN2.